The number of rotatable bonds is 4. The van der Waals surface area contributed by atoms with Crippen molar-refractivity contribution in [1.29, 1.82) is 0 Å². The highest BCUT2D eigenvalue weighted by atomic mass is 32.2. The first-order valence-electron chi connectivity index (χ1n) is 6.33. The molecule has 2 rings (SSSR count). The van der Waals surface area contributed by atoms with Crippen molar-refractivity contribution < 1.29 is 8.42 Å². The molecule has 2 aromatic rings. The molecule has 0 fully saturated rings. The van der Waals surface area contributed by atoms with Gasteiger partial charge in [0.15, 0.2) is 0 Å². The molecule has 4 nitrogen and oxygen atoms in total. The van der Waals surface area contributed by atoms with E-state index < -0.39 is 10.0 Å². The fourth-order valence-electron chi connectivity index (χ4n) is 1.95. The zero-order chi connectivity index (χ0) is 14.8. The Morgan fingerprint density at radius 1 is 1.05 bits per heavy atom. The Labute approximate surface area is 119 Å². The Morgan fingerprint density at radius 3 is 2.25 bits per heavy atom. The molecule has 0 saturated carbocycles. The summed E-state index contributed by atoms with van der Waals surface area (Å²) in [6.07, 6.45) is 0. The molecule has 0 aromatic heterocycles. The monoisotopic (exact) mass is 290 g/mol. The SMILES string of the molecule is CNS(=O)(=O)c1ccc(-c2cccc([C@@H](C)N)c2)cc1. The summed E-state index contributed by atoms with van der Waals surface area (Å²) in [5.41, 5.74) is 8.90. The van der Waals surface area contributed by atoms with Crippen molar-refractivity contribution in [1.82, 2.24) is 4.72 Å². The van der Waals surface area contributed by atoms with Crippen LogP contribution in [0.1, 0.15) is 18.5 Å². The molecule has 0 bridgehead atoms. The predicted molar refractivity (Wildman–Crippen MR) is 80.7 cm³/mol. The van der Waals surface area contributed by atoms with E-state index in [0.29, 0.717) is 0 Å². The molecule has 1 atom stereocenters. The number of hydrogen-bond donors (Lipinski definition) is 2. The zero-order valence-corrected chi connectivity index (χ0v) is 12.3. The first-order chi connectivity index (χ1) is 9.44. The maximum atomic E-state index is 11.7. The lowest BCUT2D eigenvalue weighted by Crippen LogP contribution is -2.18. The molecule has 0 heterocycles. The maximum Gasteiger partial charge on any atom is 0.240 e. The van der Waals surface area contributed by atoms with Crippen LogP contribution in [0.4, 0.5) is 0 Å². The predicted octanol–water partition coefficient (Wildman–Crippen LogP) is 2.28. The molecule has 0 aliphatic rings. The number of sulfonamides is 1. The van der Waals surface area contributed by atoms with Gasteiger partial charge < -0.3 is 5.73 Å². The van der Waals surface area contributed by atoms with Gasteiger partial charge >= 0.3 is 0 Å². The molecule has 2 aromatic carbocycles. The van der Waals surface area contributed by atoms with Crippen molar-refractivity contribution in [2.45, 2.75) is 17.9 Å². The van der Waals surface area contributed by atoms with E-state index in [1.807, 2.05) is 31.2 Å². The molecule has 0 amide bonds. The second-order valence-electron chi connectivity index (χ2n) is 4.65. The summed E-state index contributed by atoms with van der Waals surface area (Å²) in [6, 6.07) is 14.7. The van der Waals surface area contributed by atoms with Crippen LogP contribution < -0.4 is 10.5 Å². The third-order valence-corrected chi connectivity index (χ3v) is 4.61. The number of nitrogens with two attached hydrogens (primary N) is 1. The van der Waals surface area contributed by atoms with Crippen molar-refractivity contribution in [3.05, 3.63) is 54.1 Å². The zero-order valence-electron chi connectivity index (χ0n) is 11.5. The summed E-state index contributed by atoms with van der Waals surface area (Å²) in [4.78, 5) is 0.257. The second kappa shape index (κ2) is 5.75. The molecular formula is C15H18N2O2S. The third kappa shape index (κ3) is 3.07. The summed E-state index contributed by atoms with van der Waals surface area (Å²) >= 11 is 0. The molecule has 3 N–H and O–H groups in total. The van der Waals surface area contributed by atoms with E-state index in [0.717, 1.165) is 16.7 Å². The molecule has 106 valence electrons. The third-order valence-electron chi connectivity index (χ3n) is 3.18. The highest BCUT2D eigenvalue weighted by Crippen LogP contribution is 2.23. The van der Waals surface area contributed by atoms with Gasteiger partial charge in [0.05, 0.1) is 4.90 Å². The van der Waals surface area contributed by atoms with E-state index in [1.54, 1.807) is 24.3 Å². The number of nitrogens with one attached hydrogen (secondary N) is 1. The highest BCUT2D eigenvalue weighted by Gasteiger charge is 2.11. The fraction of sp³-hybridized carbons (Fsp3) is 0.200. The van der Waals surface area contributed by atoms with Gasteiger partial charge in [-0.05, 0) is 48.9 Å². The number of hydrogen-bond acceptors (Lipinski definition) is 3. The Hall–Kier alpha value is -1.69. The molecule has 5 heteroatoms. The molecular weight excluding hydrogens is 272 g/mol. The van der Waals surface area contributed by atoms with Crippen molar-refractivity contribution >= 4 is 10.0 Å². The Bertz CT molecular complexity index is 692. The largest absolute Gasteiger partial charge is 0.324 e. The average molecular weight is 290 g/mol. The van der Waals surface area contributed by atoms with Crippen molar-refractivity contribution in [3.8, 4) is 11.1 Å². The molecule has 0 radical (unpaired) electrons. The molecule has 0 saturated heterocycles. The van der Waals surface area contributed by atoms with E-state index in [9.17, 15) is 8.42 Å². The van der Waals surface area contributed by atoms with Gasteiger partial charge in [0.25, 0.3) is 0 Å². The van der Waals surface area contributed by atoms with Crippen LogP contribution in [0.25, 0.3) is 11.1 Å². The second-order valence-corrected chi connectivity index (χ2v) is 6.53. The van der Waals surface area contributed by atoms with Crippen LogP contribution in [-0.4, -0.2) is 15.5 Å². The maximum absolute atomic E-state index is 11.7. The molecule has 0 spiro atoms. The molecule has 0 unspecified atom stereocenters. The Balaban J connectivity index is 2.38. The van der Waals surface area contributed by atoms with Gasteiger partial charge in [-0.3, -0.25) is 0 Å². The quantitative estimate of drug-likeness (QED) is 0.907. The minimum Gasteiger partial charge on any atom is -0.324 e. The highest BCUT2D eigenvalue weighted by molar-refractivity contribution is 7.89. The lowest BCUT2D eigenvalue weighted by atomic mass is 10.0. The van der Waals surface area contributed by atoms with Gasteiger partial charge in [0.1, 0.15) is 0 Å². The van der Waals surface area contributed by atoms with Crippen LogP contribution in [0.2, 0.25) is 0 Å². The van der Waals surface area contributed by atoms with Crippen LogP contribution >= 0.6 is 0 Å². The van der Waals surface area contributed by atoms with Crippen LogP contribution in [-0.2, 0) is 10.0 Å². The molecule has 0 aliphatic heterocycles. The molecule has 20 heavy (non-hydrogen) atoms. The minimum atomic E-state index is -3.39. The van der Waals surface area contributed by atoms with E-state index in [-0.39, 0.29) is 10.9 Å². The first kappa shape index (κ1) is 14.7. The minimum absolute atomic E-state index is 0.0288. The van der Waals surface area contributed by atoms with Crippen molar-refractivity contribution in [2.75, 3.05) is 7.05 Å². The van der Waals surface area contributed by atoms with Gasteiger partial charge in [-0.2, -0.15) is 0 Å². The summed E-state index contributed by atoms with van der Waals surface area (Å²) in [5.74, 6) is 0. The Morgan fingerprint density at radius 2 is 1.70 bits per heavy atom. The smallest absolute Gasteiger partial charge is 0.240 e. The van der Waals surface area contributed by atoms with Gasteiger partial charge in [0.2, 0.25) is 10.0 Å². The standard InChI is InChI=1S/C15H18N2O2S/c1-11(16)13-4-3-5-14(10-13)12-6-8-15(9-7-12)20(18,19)17-2/h3-11,17H,16H2,1-2H3/t11-/m1/s1. The van der Waals surface area contributed by atoms with Crippen LogP contribution in [0, 0.1) is 0 Å². The van der Waals surface area contributed by atoms with E-state index in [2.05, 4.69) is 4.72 Å². The average Bonchev–Trinajstić information content (AvgIpc) is 2.47. The molecule has 0 aliphatic carbocycles. The number of benzene rings is 2. The van der Waals surface area contributed by atoms with E-state index >= 15 is 0 Å². The van der Waals surface area contributed by atoms with Crippen molar-refractivity contribution in [2.24, 2.45) is 5.73 Å². The summed E-state index contributed by atoms with van der Waals surface area (Å²) in [5, 5.41) is 0. The van der Waals surface area contributed by atoms with Gasteiger partial charge in [-0.25, -0.2) is 13.1 Å². The summed E-state index contributed by atoms with van der Waals surface area (Å²) in [7, 11) is -1.99. The lowest BCUT2D eigenvalue weighted by Gasteiger charge is -2.09. The van der Waals surface area contributed by atoms with Gasteiger partial charge in [-0.15, -0.1) is 0 Å². The topological polar surface area (TPSA) is 72.2 Å². The van der Waals surface area contributed by atoms with E-state index in [4.69, 9.17) is 5.73 Å². The summed E-state index contributed by atoms with van der Waals surface area (Å²) in [6.45, 7) is 1.93. The van der Waals surface area contributed by atoms with Crippen LogP contribution in [0.5, 0.6) is 0 Å². The summed E-state index contributed by atoms with van der Waals surface area (Å²) < 4.78 is 25.6. The first-order valence-corrected chi connectivity index (χ1v) is 7.82. The van der Waals surface area contributed by atoms with Crippen LogP contribution in [0.15, 0.2) is 53.4 Å². The normalized spacial score (nSPS) is 13.2. The Kier molecular flexibility index (Phi) is 4.23. The van der Waals surface area contributed by atoms with Gasteiger partial charge in [0, 0.05) is 6.04 Å². The van der Waals surface area contributed by atoms with Gasteiger partial charge in [-0.1, -0.05) is 30.3 Å². The lowest BCUT2D eigenvalue weighted by molar-refractivity contribution is 0.588. The van der Waals surface area contributed by atoms with Crippen molar-refractivity contribution in [3.63, 3.8) is 0 Å². The fourth-order valence-corrected chi connectivity index (χ4v) is 2.68. The van der Waals surface area contributed by atoms with E-state index in [1.165, 1.54) is 7.05 Å². The van der Waals surface area contributed by atoms with Crippen LogP contribution in [0.3, 0.4) is 0 Å².